The summed E-state index contributed by atoms with van der Waals surface area (Å²) in [5.74, 6) is 2.06. The van der Waals surface area contributed by atoms with Crippen molar-refractivity contribution in [1.82, 2.24) is 14.8 Å². The summed E-state index contributed by atoms with van der Waals surface area (Å²) in [6.07, 6.45) is 1.70. The summed E-state index contributed by atoms with van der Waals surface area (Å²) >= 11 is 1.63. The molecular formula is C29H30N6OS. The van der Waals surface area contributed by atoms with Crippen molar-refractivity contribution in [2.75, 3.05) is 22.5 Å². The van der Waals surface area contributed by atoms with Crippen LogP contribution in [0.2, 0.25) is 0 Å². The molecule has 1 aliphatic heterocycles. The second kappa shape index (κ2) is 10.6. The van der Waals surface area contributed by atoms with Crippen molar-refractivity contribution < 1.29 is 4.79 Å². The molecule has 1 aliphatic rings. The SMILES string of the molecule is Cc1ccc(-n2cnc(-c3ccc(NC(=O)N=C4SCC(C)CN4c4c(C)cccc4C)cc3)n2)cc1. The summed E-state index contributed by atoms with van der Waals surface area (Å²) in [7, 11) is 0. The van der Waals surface area contributed by atoms with Gasteiger partial charge in [0.1, 0.15) is 6.33 Å². The molecule has 7 nitrogen and oxygen atoms in total. The van der Waals surface area contributed by atoms with Crippen molar-refractivity contribution in [2.24, 2.45) is 10.9 Å². The number of nitrogens with zero attached hydrogens (tertiary/aromatic N) is 5. The third-order valence-corrected chi connectivity index (χ3v) is 7.62. The zero-order chi connectivity index (χ0) is 25.9. The van der Waals surface area contributed by atoms with Gasteiger partial charge in [-0.15, -0.1) is 5.10 Å². The number of aromatic nitrogens is 3. The molecule has 8 heteroatoms. The molecule has 5 rings (SSSR count). The highest BCUT2D eigenvalue weighted by atomic mass is 32.2. The number of para-hydroxylation sites is 1. The minimum absolute atomic E-state index is 0.386. The van der Waals surface area contributed by atoms with Crippen molar-refractivity contribution >= 4 is 34.3 Å². The number of aryl methyl sites for hydroxylation is 3. The van der Waals surface area contributed by atoms with Gasteiger partial charge in [0, 0.05) is 29.2 Å². The Kier molecular flexibility index (Phi) is 7.10. The fourth-order valence-electron chi connectivity index (χ4n) is 4.41. The molecule has 0 bridgehead atoms. The third kappa shape index (κ3) is 5.59. The minimum atomic E-state index is -0.386. The molecule has 2 heterocycles. The standard InChI is InChI=1S/C29H30N6OS/c1-19-8-14-25(15-9-19)35-18-30-27(33-35)23-10-12-24(13-11-23)31-28(36)32-29-34(16-20(2)17-37-29)26-21(3)6-5-7-22(26)4/h5-15,18,20H,16-17H2,1-4H3,(H,31,36). The maximum absolute atomic E-state index is 12.9. The van der Waals surface area contributed by atoms with Crippen molar-refractivity contribution in [3.05, 3.63) is 89.7 Å². The highest BCUT2D eigenvalue weighted by Crippen LogP contribution is 2.32. The van der Waals surface area contributed by atoms with Crippen LogP contribution in [0.25, 0.3) is 17.1 Å². The van der Waals surface area contributed by atoms with E-state index in [0.717, 1.165) is 34.4 Å². The Balaban J connectivity index is 1.30. The number of thioether (sulfide) groups is 1. The van der Waals surface area contributed by atoms with Gasteiger partial charge in [0.05, 0.1) is 5.69 Å². The largest absolute Gasteiger partial charge is 0.347 e. The molecule has 0 aliphatic carbocycles. The van der Waals surface area contributed by atoms with E-state index in [1.54, 1.807) is 22.8 Å². The van der Waals surface area contributed by atoms with Gasteiger partial charge in [-0.1, -0.05) is 54.6 Å². The number of rotatable bonds is 4. The topological polar surface area (TPSA) is 75.4 Å². The second-order valence-corrected chi connectivity index (χ2v) is 10.5. The highest BCUT2D eigenvalue weighted by Gasteiger charge is 2.26. The first-order valence-electron chi connectivity index (χ1n) is 12.3. The van der Waals surface area contributed by atoms with Crippen LogP contribution >= 0.6 is 11.8 Å². The maximum Gasteiger partial charge on any atom is 0.347 e. The number of nitrogens with one attached hydrogen (secondary N) is 1. The number of hydrogen-bond donors (Lipinski definition) is 1. The van der Waals surface area contributed by atoms with Crippen LogP contribution in [-0.4, -0.2) is 38.3 Å². The molecule has 1 aromatic heterocycles. The Bertz CT molecular complexity index is 1420. The molecule has 1 atom stereocenters. The Hall–Kier alpha value is -3.91. The Morgan fingerprint density at radius 1 is 1.00 bits per heavy atom. The number of hydrogen-bond acceptors (Lipinski definition) is 4. The lowest BCUT2D eigenvalue weighted by molar-refractivity contribution is 0.259. The monoisotopic (exact) mass is 510 g/mol. The van der Waals surface area contributed by atoms with Gasteiger partial charge < -0.3 is 10.2 Å². The van der Waals surface area contributed by atoms with Crippen LogP contribution in [0.5, 0.6) is 0 Å². The quantitative estimate of drug-likeness (QED) is 0.333. The lowest BCUT2D eigenvalue weighted by Crippen LogP contribution is -2.40. The number of benzene rings is 3. The maximum atomic E-state index is 12.9. The first-order valence-corrected chi connectivity index (χ1v) is 13.3. The molecule has 0 spiro atoms. The van der Waals surface area contributed by atoms with E-state index in [-0.39, 0.29) is 6.03 Å². The van der Waals surface area contributed by atoms with Crippen LogP contribution in [0.3, 0.4) is 0 Å². The van der Waals surface area contributed by atoms with E-state index in [2.05, 4.69) is 71.2 Å². The molecule has 3 aromatic carbocycles. The van der Waals surface area contributed by atoms with Gasteiger partial charge in [-0.05, 0) is 74.2 Å². The number of amides is 2. The van der Waals surface area contributed by atoms with Gasteiger partial charge in [-0.25, -0.2) is 14.5 Å². The summed E-state index contributed by atoms with van der Waals surface area (Å²) in [5, 5.41) is 8.23. The second-order valence-electron chi connectivity index (χ2n) is 9.52. The Morgan fingerprint density at radius 3 is 2.41 bits per heavy atom. The van der Waals surface area contributed by atoms with Crippen molar-refractivity contribution in [3.63, 3.8) is 0 Å². The summed E-state index contributed by atoms with van der Waals surface area (Å²) in [4.78, 5) is 24.0. The third-order valence-electron chi connectivity index (χ3n) is 6.31. The van der Waals surface area contributed by atoms with Gasteiger partial charge in [0.15, 0.2) is 11.0 Å². The average molecular weight is 511 g/mol. The first-order chi connectivity index (χ1) is 17.9. The van der Waals surface area contributed by atoms with Crippen LogP contribution in [0, 0.1) is 26.7 Å². The summed E-state index contributed by atoms with van der Waals surface area (Å²) < 4.78 is 1.76. The molecule has 37 heavy (non-hydrogen) atoms. The van der Waals surface area contributed by atoms with Gasteiger partial charge in [0.25, 0.3) is 0 Å². The predicted molar refractivity (Wildman–Crippen MR) is 153 cm³/mol. The first kappa shape index (κ1) is 24.8. The summed E-state index contributed by atoms with van der Waals surface area (Å²) in [6.45, 7) is 9.32. The fraction of sp³-hybridized carbons (Fsp3) is 0.241. The zero-order valence-electron chi connectivity index (χ0n) is 21.5. The molecule has 4 aromatic rings. The van der Waals surface area contributed by atoms with E-state index in [4.69, 9.17) is 0 Å². The van der Waals surface area contributed by atoms with Gasteiger partial charge in [-0.2, -0.15) is 4.99 Å². The molecule has 1 N–H and O–H groups in total. The number of amidine groups is 1. The molecule has 188 valence electrons. The number of anilines is 2. The number of carbonyl (C=O) groups excluding carboxylic acids is 1. The average Bonchev–Trinajstić information content (AvgIpc) is 3.37. The van der Waals surface area contributed by atoms with E-state index in [1.807, 2.05) is 48.5 Å². The number of aliphatic imine (C=N–C) groups is 1. The molecule has 0 radical (unpaired) electrons. The van der Waals surface area contributed by atoms with Crippen LogP contribution in [0.1, 0.15) is 23.6 Å². The predicted octanol–water partition coefficient (Wildman–Crippen LogP) is 6.64. The van der Waals surface area contributed by atoms with E-state index >= 15 is 0 Å². The van der Waals surface area contributed by atoms with Gasteiger partial charge in [0.2, 0.25) is 0 Å². The van der Waals surface area contributed by atoms with Crippen LogP contribution in [-0.2, 0) is 0 Å². The van der Waals surface area contributed by atoms with Crippen LogP contribution in [0.15, 0.2) is 78.0 Å². The smallest absolute Gasteiger partial charge is 0.320 e. The molecule has 2 amide bonds. The zero-order valence-corrected chi connectivity index (χ0v) is 22.3. The molecular weight excluding hydrogens is 480 g/mol. The molecule has 0 saturated carbocycles. The van der Waals surface area contributed by atoms with Crippen molar-refractivity contribution in [2.45, 2.75) is 27.7 Å². The van der Waals surface area contributed by atoms with Crippen LogP contribution < -0.4 is 10.2 Å². The van der Waals surface area contributed by atoms with E-state index in [1.165, 1.54) is 16.7 Å². The summed E-state index contributed by atoms with van der Waals surface area (Å²) in [5.41, 5.74) is 7.18. The van der Waals surface area contributed by atoms with Crippen molar-refractivity contribution in [3.8, 4) is 17.1 Å². The molecule has 1 unspecified atom stereocenters. The highest BCUT2D eigenvalue weighted by molar-refractivity contribution is 8.14. The lowest BCUT2D eigenvalue weighted by atomic mass is 10.1. The summed E-state index contributed by atoms with van der Waals surface area (Å²) in [6, 6.07) is 21.5. The molecule has 1 fully saturated rings. The van der Waals surface area contributed by atoms with Crippen LogP contribution in [0.4, 0.5) is 16.2 Å². The Morgan fingerprint density at radius 2 is 1.70 bits per heavy atom. The van der Waals surface area contributed by atoms with E-state index < -0.39 is 0 Å². The minimum Gasteiger partial charge on any atom is -0.320 e. The number of urea groups is 1. The Labute approximate surface area is 221 Å². The van der Waals surface area contributed by atoms with Gasteiger partial charge in [-0.3, -0.25) is 0 Å². The molecule has 1 saturated heterocycles. The normalized spacial score (nSPS) is 16.7. The fourth-order valence-corrected chi connectivity index (χ4v) is 5.41. The van der Waals surface area contributed by atoms with E-state index in [9.17, 15) is 4.79 Å². The van der Waals surface area contributed by atoms with Crippen molar-refractivity contribution in [1.29, 1.82) is 0 Å². The number of carbonyl (C=O) groups is 1. The van der Waals surface area contributed by atoms with Gasteiger partial charge >= 0.3 is 6.03 Å². The van der Waals surface area contributed by atoms with E-state index in [0.29, 0.717) is 17.4 Å². The lowest BCUT2D eigenvalue weighted by Gasteiger charge is -2.35.